The summed E-state index contributed by atoms with van der Waals surface area (Å²) in [5.74, 6) is -0.957. The number of piperazine rings is 1. The molecule has 1 N–H and O–H groups in total. The normalized spacial score (nSPS) is 21.2. The molecule has 4 heteroatoms. The first-order chi connectivity index (χ1) is 8.69. The quantitative estimate of drug-likeness (QED) is 0.888. The highest BCUT2D eigenvalue weighted by molar-refractivity contribution is 5.18. The first-order valence-corrected chi connectivity index (χ1v) is 6.58. The van der Waals surface area contributed by atoms with Crippen molar-refractivity contribution in [3.05, 3.63) is 35.4 Å². The van der Waals surface area contributed by atoms with Crippen molar-refractivity contribution in [2.75, 3.05) is 19.6 Å². The average Bonchev–Trinajstić information content (AvgIpc) is 2.34. The minimum absolute atomic E-state index is 0.444. The molecule has 1 saturated heterocycles. The van der Waals surface area contributed by atoms with Crippen LogP contribution in [0.4, 0.5) is 8.78 Å². The van der Waals surface area contributed by atoms with E-state index in [-0.39, 0.29) is 0 Å². The third-order valence-electron chi connectivity index (χ3n) is 3.39. The minimum Gasteiger partial charge on any atom is -0.311 e. The zero-order valence-corrected chi connectivity index (χ0v) is 10.8. The van der Waals surface area contributed by atoms with E-state index in [4.69, 9.17) is 0 Å². The molecule has 2 nitrogen and oxygen atoms in total. The maximum absolute atomic E-state index is 13.6. The molecule has 1 aliphatic rings. The van der Waals surface area contributed by atoms with Gasteiger partial charge in [0.15, 0.2) is 0 Å². The van der Waals surface area contributed by atoms with Crippen LogP contribution < -0.4 is 5.32 Å². The summed E-state index contributed by atoms with van der Waals surface area (Å²) in [6.45, 7) is 5.52. The SMILES string of the molecule is CCCC1CN(Cc2ccc(F)cc2F)CCN1. The molecule has 18 heavy (non-hydrogen) atoms. The van der Waals surface area contributed by atoms with Gasteiger partial charge in [0.2, 0.25) is 0 Å². The standard InChI is InChI=1S/C14H20F2N2/c1-2-3-13-10-18(7-6-17-13)9-11-4-5-12(15)8-14(11)16/h4-5,8,13,17H,2-3,6-7,9-10H2,1H3. The fourth-order valence-electron chi connectivity index (χ4n) is 2.47. The van der Waals surface area contributed by atoms with Crippen molar-refractivity contribution in [1.82, 2.24) is 10.2 Å². The fraction of sp³-hybridized carbons (Fsp3) is 0.571. The summed E-state index contributed by atoms with van der Waals surface area (Å²) in [4.78, 5) is 2.23. The molecule has 0 bridgehead atoms. The summed E-state index contributed by atoms with van der Waals surface area (Å²) in [6.07, 6.45) is 2.29. The maximum atomic E-state index is 13.6. The lowest BCUT2D eigenvalue weighted by Gasteiger charge is -2.33. The number of rotatable bonds is 4. The van der Waals surface area contributed by atoms with Gasteiger partial charge in [-0.2, -0.15) is 0 Å². The molecular formula is C14H20F2N2. The van der Waals surface area contributed by atoms with E-state index >= 15 is 0 Å². The van der Waals surface area contributed by atoms with E-state index in [2.05, 4.69) is 17.1 Å². The predicted octanol–water partition coefficient (Wildman–Crippen LogP) is 2.54. The van der Waals surface area contributed by atoms with Crippen molar-refractivity contribution >= 4 is 0 Å². The Morgan fingerprint density at radius 1 is 1.39 bits per heavy atom. The number of hydrogen-bond acceptors (Lipinski definition) is 2. The Labute approximate surface area is 107 Å². The molecule has 1 atom stereocenters. The van der Waals surface area contributed by atoms with Crippen LogP contribution in [0.2, 0.25) is 0 Å². The number of benzene rings is 1. The van der Waals surface area contributed by atoms with Crippen LogP contribution >= 0.6 is 0 Å². The van der Waals surface area contributed by atoms with Gasteiger partial charge in [0.25, 0.3) is 0 Å². The van der Waals surface area contributed by atoms with Crippen LogP contribution in [0, 0.1) is 11.6 Å². The second-order valence-corrected chi connectivity index (χ2v) is 4.91. The Balaban J connectivity index is 1.96. The molecule has 0 amide bonds. The van der Waals surface area contributed by atoms with Crippen molar-refractivity contribution in [3.63, 3.8) is 0 Å². The van der Waals surface area contributed by atoms with Gasteiger partial charge in [0, 0.05) is 43.9 Å². The van der Waals surface area contributed by atoms with E-state index in [0.717, 1.165) is 38.5 Å². The van der Waals surface area contributed by atoms with Gasteiger partial charge in [-0.15, -0.1) is 0 Å². The van der Waals surface area contributed by atoms with Crippen molar-refractivity contribution in [2.24, 2.45) is 0 Å². The zero-order valence-electron chi connectivity index (χ0n) is 10.8. The highest BCUT2D eigenvalue weighted by Crippen LogP contribution is 2.14. The molecule has 2 rings (SSSR count). The minimum atomic E-state index is -0.513. The zero-order chi connectivity index (χ0) is 13.0. The summed E-state index contributed by atoms with van der Waals surface area (Å²) < 4.78 is 26.4. The van der Waals surface area contributed by atoms with Gasteiger partial charge in [-0.1, -0.05) is 19.4 Å². The van der Waals surface area contributed by atoms with Crippen molar-refractivity contribution < 1.29 is 8.78 Å². The van der Waals surface area contributed by atoms with Crippen LogP contribution in [0.5, 0.6) is 0 Å². The molecule has 0 saturated carbocycles. The van der Waals surface area contributed by atoms with E-state index in [1.807, 2.05) is 0 Å². The van der Waals surface area contributed by atoms with Crippen LogP contribution in [0.1, 0.15) is 25.3 Å². The van der Waals surface area contributed by atoms with Crippen LogP contribution in [-0.2, 0) is 6.54 Å². The van der Waals surface area contributed by atoms with Crippen LogP contribution in [0.3, 0.4) is 0 Å². The molecule has 100 valence electrons. The summed E-state index contributed by atoms with van der Waals surface area (Å²) >= 11 is 0. The van der Waals surface area contributed by atoms with Gasteiger partial charge < -0.3 is 5.32 Å². The number of nitrogens with one attached hydrogen (secondary N) is 1. The van der Waals surface area contributed by atoms with Gasteiger partial charge in [0.1, 0.15) is 11.6 Å². The molecular weight excluding hydrogens is 234 g/mol. The van der Waals surface area contributed by atoms with E-state index in [1.165, 1.54) is 6.07 Å². The maximum Gasteiger partial charge on any atom is 0.130 e. The fourth-order valence-corrected chi connectivity index (χ4v) is 2.47. The highest BCUT2D eigenvalue weighted by Gasteiger charge is 2.19. The molecule has 1 aliphatic heterocycles. The first-order valence-electron chi connectivity index (χ1n) is 6.58. The smallest absolute Gasteiger partial charge is 0.130 e. The molecule has 1 aromatic carbocycles. The molecule has 1 unspecified atom stereocenters. The topological polar surface area (TPSA) is 15.3 Å². The number of halogens is 2. The predicted molar refractivity (Wildman–Crippen MR) is 68.3 cm³/mol. The second-order valence-electron chi connectivity index (χ2n) is 4.91. The van der Waals surface area contributed by atoms with Crippen molar-refractivity contribution in [2.45, 2.75) is 32.4 Å². The second kappa shape index (κ2) is 6.25. The lowest BCUT2D eigenvalue weighted by atomic mass is 10.1. The summed E-state index contributed by atoms with van der Waals surface area (Å²) in [7, 11) is 0. The van der Waals surface area contributed by atoms with Crippen molar-refractivity contribution in [3.8, 4) is 0 Å². The Morgan fingerprint density at radius 2 is 2.22 bits per heavy atom. The molecule has 1 fully saturated rings. The molecule has 1 heterocycles. The van der Waals surface area contributed by atoms with Gasteiger partial charge in [-0.3, -0.25) is 4.90 Å². The monoisotopic (exact) mass is 254 g/mol. The van der Waals surface area contributed by atoms with Crippen molar-refractivity contribution in [1.29, 1.82) is 0 Å². The van der Waals surface area contributed by atoms with E-state index in [0.29, 0.717) is 18.2 Å². The Morgan fingerprint density at radius 3 is 2.94 bits per heavy atom. The summed E-state index contributed by atoms with van der Waals surface area (Å²) in [5.41, 5.74) is 0.577. The third-order valence-corrected chi connectivity index (χ3v) is 3.39. The van der Waals surface area contributed by atoms with Gasteiger partial charge >= 0.3 is 0 Å². The number of hydrogen-bond donors (Lipinski definition) is 1. The Bertz CT molecular complexity index is 393. The lowest BCUT2D eigenvalue weighted by molar-refractivity contribution is 0.185. The van der Waals surface area contributed by atoms with E-state index < -0.39 is 11.6 Å². The molecule has 1 aromatic rings. The third kappa shape index (κ3) is 3.50. The van der Waals surface area contributed by atoms with Gasteiger partial charge in [0.05, 0.1) is 0 Å². The van der Waals surface area contributed by atoms with E-state index in [1.54, 1.807) is 6.07 Å². The van der Waals surface area contributed by atoms with E-state index in [9.17, 15) is 8.78 Å². The summed E-state index contributed by atoms with van der Waals surface area (Å²) in [5, 5.41) is 3.46. The Kier molecular flexibility index (Phi) is 4.66. The van der Waals surface area contributed by atoms with Gasteiger partial charge in [-0.05, 0) is 12.5 Å². The van der Waals surface area contributed by atoms with Crippen LogP contribution in [0.15, 0.2) is 18.2 Å². The van der Waals surface area contributed by atoms with Gasteiger partial charge in [-0.25, -0.2) is 8.78 Å². The average molecular weight is 254 g/mol. The molecule has 0 aromatic heterocycles. The largest absolute Gasteiger partial charge is 0.311 e. The highest BCUT2D eigenvalue weighted by atomic mass is 19.1. The molecule has 0 radical (unpaired) electrons. The summed E-state index contributed by atoms with van der Waals surface area (Å²) in [6, 6.07) is 4.32. The molecule has 0 aliphatic carbocycles. The number of nitrogens with zero attached hydrogens (tertiary/aromatic N) is 1. The Hall–Kier alpha value is -1.00. The molecule has 0 spiro atoms. The lowest BCUT2D eigenvalue weighted by Crippen LogP contribution is -2.50. The first kappa shape index (κ1) is 13.4. The van der Waals surface area contributed by atoms with Crippen LogP contribution in [0.25, 0.3) is 0 Å². The van der Waals surface area contributed by atoms with Crippen LogP contribution in [-0.4, -0.2) is 30.6 Å².